The molecule has 0 unspecified atom stereocenters. The number of allylic oxidation sites excluding steroid dienone is 11. The Morgan fingerprint density at radius 3 is 2.00 bits per heavy atom. The van der Waals surface area contributed by atoms with Crippen molar-refractivity contribution in [3.05, 3.63) is 96.4 Å². The molecule has 1 aromatic heterocycles. The molecule has 214 valence electrons. The number of phosphoric acid groups is 1. The molecule has 0 bridgehead atoms. The maximum absolute atomic E-state index is 11.3. The number of unbranched alkanes of at least 4 members (excludes halogenated alkanes) is 7. The molecule has 1 heterocycles. The number of carboxylic acid groups (broad SMARTS) is 1. The molecule has 0 radical (unpaired) electrons. The van der Waals surface area contributed by atoms with E-state index in [2.05, 4.69) is 34.3 Å². The topological polar surface area (TPSA) is 160 Å². The van der Waals surface area contributed by atoms with E-state index in [1.165, 1.54) is 44.9 Å². The minimum Gasteiger partial charge on any atom is -0.478 e. The molecular formula is C29H41N2O7P. The lowest BCUT2D eigenvalue weighted by Crippen LogP contribution is -2.10. The van der Waals surface area contributed by atoms with E-state index in [0.29, 0.717) is 11.1 Å². The van der Waals surface area contributed by atoms with Gasteiger partial charge in [-0.2, -0.15) is 0 Å². The van der Waals surface area contributed by atoms with E-state index < -0.39 is 19.9 Å². The molecular weight excluding hydrogens is 519 g/mol. The Labute approximate surface area is 231 Å². The summed E-state index contributed by atoms with van der Waals surface area (Å²) < 4.78 is 12.9. The molecule has 39 heavy (non-hydrogen) atoms. The molecule has 0 aliphatic carbocycles. The zero-order chi connectivity index (χ0) is 29.4. The Bertz CT molecular complexity index is 1070. The molecule has 0 aliphatic heterocycles. The van der Waals surface area contributed by atoms with Gasteiger partial charge in [-0.1, -0.05) is 112 Å². The third-order valence-corrected chi connectivity index (χ3v) is 5.48. The van der Waals surface area contributed by atoms with Crippen LogP contribution in [0.2, 0.25) is 0 Å². The van der Waals surface area contributed by atoms with Gasteiger partial charge in [-0.3, -0.25) is 14.8 Å². The maximum Gasteiger partial charge on any atom is 0.528 e. The first-order valence-electron chi connectivity index (χ1n) is 12.8. The van der Waals surface area contributed by atoms with Crippen LogP contribution in [0.1, 0.15) is 70.8 Å². The molecule has 1 rings (SSSR count). The molecule has 0 atom stereocenters. The number of carbonyl (C=O) groups is 2. The third-order valence-electron chi connectivity index (χ3n) is 5.06. The highest BCUT2D eigenvalue weighted by Crippen LogP contribution is 2.35. The van der Waals surface area contributed by atoms with Gasteiger partial charge in [-0.05, 0) is 31.4 Å². The van der Waals surface area contributed by atoms with Crippen molar-refractivity contribution in [2.24, 2.45) is 5.73 Å². The highest BCUT2D eigenvalue weighted by Gasteiger charge is 2.17. The number of carbonyl (C=O) groups excluding carboxylic acids is 1. The second-order valence-electron chi connectivity index (χ2n) is 8.34. The first-order valence-corrected chi connectivity index (χ1v) is 14.3. The quantitative estimate of drug-likeness (QED) is 0.0725. The van der Waals surface area contributed by atoms with Gasteiger partial charge in [0.1, 0.15) is 0 Å². The minimum absolute atomic E-state index is 0.291. The first-order chi connectivity index (χ1) is 18.6. The van der Waals surface area contributed by atoms with Crippen LogP contribution >= 0.6 is 7.82 Å². The van der Waals surface area contributed by atoms with Crippen molar-refractivity contribution in [1.82, 2.24) is 4.98 Å². The Kier molecular flexibility index (Phi) is 20.4. The van der Waals surface area contributed by atoms with Gasteiger partial charge in [0.05, 0.1) is 0 Å². The van der Waals surface area contributed by atoms with E-state index in [1.54, 1.807) is 31.5 Å². The summed E-state index contributed by atoms with van der Waals surface area (Å²) >= 11 is 0. The Morgan fingerprint density at radius 2 is 1.51 bits per heavy atom. The van der Waals surface area contributed by atoms with Crippen LogP contribution in [0.3, 0.4) is 0 Å². The van der Waals surface area contributed by atoms with Crippen LogP contribution in [0.4, 0.5) is 4.79 Å². The number of hydrogen-bond acceptors (Lipinski definition) is 5. The average Bonchev–Trinajstić information content (AvgIpc) is 2.87. The zero-order valence-electron chi connectivity index (χ0n) is 22.7. The summed E-state index contributed by atoms with van der Waals surface area (Å²) in [6.45, 7) is 3.86. The molecule has 9 nitrogen and oxygen atoms in total. The number of rotatable bonds is 16. The average molecular weight is 561 g/mol. The molecule has 5 N–H and O–H groups in total. The lowest BCUT2D eigenvalue weighted by molar-refractivity contribution is -0.132. The van der Waals surface area contributed by atoms with Gasteiger partial charge in [0.2, 0.25) is 0 Å². The number of aromatic nitrogens is 1. The molecule has 1 aromatic rings. The van der Waals surface area contributed by atoms with Gasteiger partial charge < -0.3 is 15.4 Å². The summed E-state index contributed by atoms with van der Waals surface area (Å²) in [5.41, 5.74) is 5.96. The number of pyridine rings is 1. The van der Waals surface area contributed by atoms with Crippen molar-refractivity contribution < 1.29 is 33.6 Å². The number of amides is 1. The monoisotopic (exact) mass is 560 g/mol. The summed E-state index contributed by atoms with van der Waals surface area (Å²) in [5, 5.41) is 9.30. The number of primary amides is 1. The van der Waals surface area contributed by atoms with Crippen molar-refractivity contribution in [2.75, 3.05) is 0 Å². The van der Waals surface area contributed by atoms with Gasteiger partial charge in [0, 0.05) is 23.5 Å². The van der Waals surface area contributed by atoms with Crippen LogP contribution in [0.25, 0.3) is 5.57 Å². The molecule has 0 aromatic carbocycles. The summed E-state index contributed by atoms with van der Waals surface area (Å²) in [6, 6.07) is 3.65. The first kappa shape index (κ1) is 35.5. The second kappa shape index (κ2) is 22.5. The molecule has 0 fully saturated rings. The fraction of sp³-hybridized carbons (Fsp3) is 0.345. The predicted octanol–water partition coefficient (Wildman–Crippen LogP) is 7.04. The van der Waals surface area contributed by atoms with Crippen LogP contribution in [0.15, 0.2) is 90.9 Å². The highest BCUT2D eigenvalue weighted by atomic mass is 31.2. The fourth-order valence-corrected chi connectivity index (χ4v) is 3.36. The SMILES string of the molecule is CCCCCCCCCC=CC=CC=CC=CC=CC(=C(C)C(=O)O)c1cccnc1.NC(=O)OP(=O)(O)O. The standard InChI is InChI=1S/C28H37NO2.CH4NO5P/c1-3-4-5-6-7-8-9-10-11-12-13-14-15-16-17-18-19-22-27(25(2)28(30)31)26-21-20-23-29-24-26;2-1(3)7-8(4,5)6/h11-24H,3-10H2,1-2H3,(H,30,31);(H2,2,3)(H2,4,5,6). The van der Waals surface area contributed by atoms with Crippen molar-refractivity contribution in [3.63, 3.8) is 0 Å². The largest absolute Gasteiger partial charge is 0.528 e. The van der Waals surface area contributed by atoms with E-state index >= 15 is 0 Å². The van der Waals surface area contributed by atoms with Crippen molar-refractivity contribution in [2.45, 2.75) is 65.2 Å². The lowest BCUT2D eigenvalue weighted by Gasteiger charge is -2.04. The van der Waals surface area contributed by atoms with Crippen LogP contribution in [0.5, 0.6) is 0 Å². The fourth-order valence-electron chi connectivity index (χ4n) is 3.12. The second-order valence-corrected chi connectivity index (χ2v) is 9.50. The van der Waals surface area contributed by atoms with Crippen LogP contribution in [0, 0.1) is 0 Å². The zero-order valence-corrected chi connectivity index (χ0v) is 23.6. The number of aliphatic carboxylic acids is 1. The minimum atomic E-state index is -4.70. The number of nitrogens with two attached hydrogens (primary N) is 1. The third kappa shape index (κ3) is 22.2. The Balaban J connectivity index is 0.00000156. The van der Waals surface area contributed by atoms with Crippen LogP contribution < -0.4 is 5.73 Å². The number of nitrogens with zero attached hydrogens (tertiary/aromatic N) is 1. The molecule has 10 heteroatoms. The molecule has 0 saturated heterocycles. The van der Waals surface area contributed by atoms with Crippen molar-refractivity contribution in [3.8, 4) is 0 Å². The summed E-state index contributed by atoms with van der Waals surface area (Å²) in [5.74, 6) is -0.933. The van der Waals surface area contributed by atoms with E-state index in [0.717, 1.165) is 12.0 Å². The van der Waals surface area contributed by atoms with Gasteiger partial charge in [-0.15, -0.1) is 0 Å². The maximum atomic E-state index is 11.3. The van der Waals surface area contributed by atoms with E-state index in [1.807, 2.05) is 48.6 Å². The Morgan fingerprint density at radius 1 is 0.949 bits per heavy atom. The number of hydrogen-bond donors (Lipinski definition) is 4. The van der Waals surface area contributed by atoms with Crippen LogP contribution in [-0.4, -0.2) is 31.9 Å². The summed E-state index contributed by atoms with van der Waals surface area (Å²) in [7, 11) is -4.70. The summed E-state index contributed by atoms with van der Waals surface area (Å²) in [4.78, 5) is 40.5. The number of carboxylic acids is 1. The van der Waals surface area contributed by atoms with Crippen molar-refractivity contribution in [1.29, 1.82) is 0 Å². The van der Waals surface area contributed by atoms with E-state index in [4.69, 9.17) is 9.79 Å². The lowest BCUT2D eigenvalue weighted by atomic mass is 10.0. The number of phosphoric ester groups is 1. The molecule has 0 aliphatic rings. The predicted molar refractivity (Wildman–Crippen MR) is 155 cm³/mol. The summed E-state index contributed by atoms with van der Waals surface area (Å²) in [6.07, 6.45) is 32.2. The van der Waals surface area contributed by atoms with Gasteiger partial charge in [0.25, 0.3) is 0 Å². The molecule has 0 saturated carbocycles. The van der Waals surface area contributed by atoms with E-state index in [-0.39, 0.29) is 0 Å². The van der Waals surface area contributed by atoms with Gasteiger partial charge in [-0.25, -0.2) is 14.2 Å². The van der Waals surface area contributed by atoms with Crippen LogP contribution in [-0.2, 0) is 13.9 Å². The van der Waals surface area contributed by atoms with Gasteiger partial charge >= 0.3 is 19.9 Å². The normalized spacial score (nSPS) is 12.8. The van der Waals surface area contributed by atoms with Gasteiger partial charge in [0.15, 0.2) is 0 Å². The Hall–Kier alpha value is -3.52. The van der Waals surface area contributed by atoms with Crippen molar-refractivity contribution >= 4 is 25.5 Å². The molecule has 0 spiro atoms. The molecule has 1 amide bonds. The smallest absolute Gasteiger partial charge is 0.478 e. The highest BCUT2D eigenvalue weighted by molar-refractivity contribution is 7.46. The van der Waals surface area contributed by atoms with E-state index in [9.17, 15) is 19.3 Å².